The van der Waals surface area contributed by atoms with Gasteiger partial charge in [-0.25, -0.2) is 0 Å². The Hall–Kier alpha value is -1.62. The van der Waals surface area contributed by atoms with Gasteiger partial charge in [-0.3, -0.25) is 9.59 Å². The molecule has 2 saturated carbocycles. The van der Waals surface area contributed by atoms with Crippen molar-refractivity contribution in [3.05, 3.63) is 40.9 Å². The first-order valence-electron chi connectivity index (χ1n) is 7.54. The van der Waals surface area contributed by atoms with Gasteiger partial charge in [0, 0.05) is 10.2 Å². The molecule has 5 heteroatoms. The van der Waals surface area contributed by atoms with Gasteiger partial charge in [0.15, 0.2) is 0 Å². The molecule has 4 nitrogen and oxygen atoms in total. The van der Waals surface area contributed by atoms with Crippen molar-refractivity contribution in [3.8, 4) is 0 Å². The quantitative estimate of drug-likeness (QED) is 0.812. The third-order valence-electron chi connectivity index (χ3n) is 5.33. The number of carboxylic acid groups (broad SMARTS) is 1. The van der Waals surface area contributed by atoms with E-state index in [2.05, 4.69) is 27.3 Å². The molecule has 0 radical (unpaired) electrons. The predicted octanol–water partition coefficient (Wildman–Crippen LogP) is 3.16. The second-order valence-corrected chi connectivity index (χ2v) is 7.41. The summed E-state index contributed by atoms with van der Waals surface area (Å²) >= 11 is 3.38. The summed E-state index contributed by atoms with van der Waals surface area (Å²) in [4.78, 5) is 24.4. The molecule has 6 atom stereocenters. The third kappa shape index (κ3) is 2.10. The van der Waals surface area contributed by atoms with E-state index in [1.807, 2.05) is 30.3 Å². The van der Waals surface area contributed by atoms with Crippen molar-refractivity contribution < 1.29 is 14.7 Å². The number of carboxylic acids is 1. The van der Waals surface area contributed by atoms with Crippen LogP contribution in [0.5, 0.6) is 0 Å². The lowest BCUT2D eigenvalue weighted by molar-refractivity contribution is -0.152. The molecule has 0 aliphatic heterocycles. The van der Waals surface area contributed by atoms with E-state index in [-0.39, 0.29) is 17.7 Å². The molecule has 0 unspecified atom stereocenters. The molecule has 1 aromatic rings. The number of fused-ring (bicyclic) bond motifs is 1. The van der Waals surface area contributed by atoms with Crippen molar-refractivity contribution in [3.63, 3.8) is 0 Å². The Morgan fingerprint density at radius 2 is 1.82 bits per heavy atom. The molecular formula is C17H16BrNO3. The maximum absolute atomic E-state index is 12.7. The molecule has 1 aromatic carbocycles. The lowest BCUT2D eigenvalue weighted by Crippen LogP contribution is -2.48. The van der Waals surface area contributed by atoms with Gasteiger partial charge < -0.3 is 10.4 Å². The number of carbonyl (C=O) groups excluding carboxylic acids is 1. The van der Waals surface area contributed by atoms with Crippen molar-refractivity contribution in [2.45, 2.75) is 6.42 Å². The van der Waals surface area contributed by atoms with Crippen molar-refractivity contribution in [1.82, 2.24) is 0 Å². The summed E-state index contributed by atoms with van der Waals surface area (Å²) in [5, 5.41) is 12.5. The van der Waals surface area contributed by atoms with Gasteiger partial charge in [-0.2, -0.15) is 0 Å². The largest absolute Gasteiger partial charge is 0.481 e. The van der Waals surface area contributed by atoms with Crippen LogP contribution < -0.4 is 5.32 Å². The smallest absolute Gasteiger partial charge is 0.307 e. The van der Waals surface area contributed by atoms with Gasteiger partial charge in [0.1, 0.15) is 0 Å². The lowest BCUT2D eigenvalue weighted by atomic mass is 9.62. The van der Waals surface area contributed by atoms with Crippen LogP contribution in [0, 0.1) is 35.5 Å². The first-order chi connectivity index (χ1) is 10.6. The van der Waals surface area contributed by atoms with Crippen LogP contribution in [0.1, 0.15) is 6.42 Å². The summed E-state index contributed by atoms with van der Waals surface area (Å²) in [5.41, 5.74) is 0.696. The van der Waals surface area contributed by atoms with Gasteiger partial charge in [-0.15, -0.1) is 0 Å². The predicted molar refractivity (Wildman–Crippen MR) is 85.1 cm³/mol. The van der Waals surface area contributed by atoms with Crippen molar-refractivity contribution in [1.29, 1.82) is 0 Å². The zero-order valence-corrected chi connectivity index (χ0v) is 13.4. The zero-order chi connectivity index (χ0) is 15.4. The molecule has 5 rings (SSSR count). The molecular weight excluding hydrogens is 346 g/mol. The minimum Gasteiger partial charge on any atom is -0.481 e. The molecule has 114 valence electrons. The second-order valence-electron chi connectivity index (χ2n) is 6.49. The Kier molecular flexibility index (Phi) is 3.15. The number of carbonyl (C=O) groups is 2. The number of rotatable bonds is 3. The van der Waals surface area contributed by atoms with Crippen molar-refractivity contribution >= 4 is 33.5 Å². The van der Waals surface area contributed by atoms with Crippen LogP contribution in [0.25, 0.3) is 0 Å². The fourth-order valence-corrected chi connectivity index (χ4v) is 4.76. The highest BCUT2D eigenvalue weighted by atomic mass is 79.9. The SMILES string of the molecule is O=C(O)[C@H]1[C@@H]2C=C[C@@H]([C@H]3C[C@H]23)[C@@H]1C(=O)Nc1cccc(Br)c1. The summed E-state index contributed by atoms with van der Waals surface area (Å²) in [7, 11) is 0. The average molecular weight is 362 g/mol. The molecule has 2 fully saturated rings. The molecule has 0 heterocycles. The summed E-state index contributed by atoms with van der Waals surface area (Å²) in [5.74, 6) is -1.00. The van der Waals surface area contributed by atoms with E-state index in [0.717, 1.165) is 10.9 Å². The molecule has 0 aromatic heterocycles. The molecule has 4 aliphatic rings. The minimum atomic E-state index is -0.848. The highest BCUT2D eigenvalue weighted by Crippen LogP contribution is 2.63. The van der Waals surface area contributed by atoms with Crippen LogP contribution >= 0.6 is 15.9 Å². The van der Waals surface area contributed by atoms with E-state index in [0.29, 0.717) is 17.5 Å². The van der Waals surface area contributed by atoms with Crippen molar-refractivity contribution in [2.75, 3.05) is 5.32 Å². The number of benzene rings is 1. The normalized spacial score (nSPS) is 37.5. The van der Waals surface area contributed by atoms with E-state index in [4.69, 9.17) is 0 Å². The van der Waals surface area contributed by atoms with E-state index < -0.39 is 17.8 Å². The molecule has 4 aliphatic carbocycles. The maximum atomic E-state index is 12.7. The van der Waals surface area contributed by atoms with Crippen LogP contribution in [-0.2, 0) is 9.59 Å². The van der Waals surface area contributed by atoms with Crippen molar-refractivity contribution in [2.24, 2.45) is 35.5 Å². The van der Waals surface area contributed by atoms with E-state index >= 15 is 0 Å². The summed E-state index contributed by atoms with van der Waals surface area (Å²) < 4.78 is 0.882. The number of hydrogen-bond donors (Lipinski definition) is 2. The first-order valence-corrected chi connectivity index (χ1v) is 8.33. The number of anilines is 1. The van der Waals surface area contributed by atoms with Gasteiger partial charge in [-0.05, 0) is 48.3 Å². The Balaban J connectivity index is 1.61. The number of allylic oxidation sites excluding steroid dienone is 2. The average Bonchev–Trinajstić information content (AvgIpc) is 3.28. The maximum Gasteiger partial charge on any atom is 0.307 e. The highest BCUT2D eigenvalue weighted by molar-refractivity contribution is 9.10. The van der Waals surface area contributed by atoms with Gasteiger partial charge in [0.25, 0.3) is 0 Å². The number of nitrogens with one attached hydrogen (secondary N) is 1. The molecule has 2 N–H and O–H groups in total. The Morgan fingerprint density at radius 1 is 1.14 bits per heavy atom. The summed E-state index contributed by atoms with van der Waals surface area (Å²) in [6.07, 6.45) is 5.16. The third-order valence-corrected chi connectivity index (χ3v) is 5.83. The van der Waals surface area contributed by atoms with Gasteiger partial charge in [0.05, 0.1) is 11.8 Å². The fraction of sp³-hybridized carbons (Fsp3) is 0.412. The summed E-state index contributed by atoms with van der Waals surface area (Å²) in [6.45, 7) is 0. The molecule has 0 saturated heterocycles. The molecule has 1 amide bonds. The topological polar surface area (TPSA) is 66.4 Å². The van der Waals surface area contributed by atoms with Crippen LogP contribution in [0.3, 0.4) is 0 Å². The highest BCUT2D eigenvalue weighted by Gasteiger charge is 2.62. The Bertz CT molecular complexity index is 686. The van der Waals surface area contributed by atoms with Crippen LogP contribution in [0.4, 0.5) is 5.69 Å². The van der Waals surface area contributed by atoms with E-state index in [1.54, 1.807) is 0 Å². The first kappa shape index (κ1) is 14.0. The fourth-order valence-electron chi connectivity index (χ4n) is 4.36. The molecule has 22 heavy (non-hydrogen) atoms. The van der Waals surface area contributed by atoms with Gasteiger partial charge >= 0.3 is 5.97 Å². The number of halogens is 1. The Labute approximate surface area is 136 Å². The lowest BCUT2D eigenvalue weighted by Gasteiger charge is -2.41. The number of aliphatic carboxylic acids is 1. The number of hydrogen-bond acceptors (Lipinski definition) is 2. The standard InChI is InChI=1S/C17H16BrNO3/c18-8-2-1-3-9(6-8)19-16(20)14-10-4-5-11(13-7-12(10)13)15(14)17(21)22/h1-6,10-15H,7H2,(H,19,20)(H,21,22)/t10-,11+,12+,13+,14-,15-/m0/s1. The minimum absolute atomic E-state index is 0.0192. The zero-order valence-electron chi connectivity index (χ0n) is 11.8. The summed E-state index contributed by atoms with van der Waals surface area (Å²) in [6, 6.07) is 7.37. The van der Waals surface area contributed by atoms with E-state index in [9.17, 15) is 14.7 Å². The van der Waals surface area contributed by atoms with Gasteiger partial charge in [-0.1, -0.05) is 34.1 Å². The molecule has 0 spiro atoms. The number of amides is 1. The van der Waals surface area contributed by atoms with Gasteiger partial charge in [0.2, 0.25) is 5.91 Å². The van der Waals surface area contributed by atoms with Crippen LogP contribution in [-0.4, -0.2) is 17.0 Å². The second kappa shape index (κ2) is 4.95. The van der Waals surface area contributed by atoms with Crippen LogP contribution in [0.2, 0.25) is 0 Å². The molecule has 2 bridgehead atoms. The Morgan fingerprint density at radius 3 is 2.45 bits per heavy atom. The monoisotopic (exact) mass is 361 g/mol. The van der Waals surface area contributed by atoms with Crippen LogP contribution in [0.15, 0.2) is 40.9 Å². The van der Waals surface area contributed by atoms with E-state index in [1.165, 1.54) is 0 Å².